The van der Waals surface area contributed by atoms with Gasteiger partial charge in [0.2, 0.25) is 5.76 Å². The van der Waals surface area contributed by atoms with Crippen molar-refractivity contribution in [2.75, 3.05) is 26.3 Å². The summed E-state index contributed by atoms with van der Waals surface area (Å²) < 4.78 is 16.7. The summed E-state index contributed by atoms with van der Waals surface area (Å²) in [7, 11) is 0. The molecule has 9 heteroatoms. The van der Waals surface area contributed by atoms with Crippen LogP contribution in [0.3, 0.4) is 0 Å². The van der Waals surface area contributed by atoms with Crippen molar-refractivity contribution in [3.63, 3.8) is 0 Å². The first kappa shape index (κ1) is 20.4. The highest BCUT2D eigenvalue weighted by Gasteiger charge is 2.29. The minimum atomic E-state index is -0.300. The Morgan fingerprint density at radius 1 is 1.37 bits per heavy atom. The summed E-state index contributed by atoms with van der Waals surface area (Å²) >= 11 is 6.10. The van der Waals surface area contributed by atoms with Crippen molar-refractivity contribution in [2.45, 2.75) is 25.9 Å². The van der Waals surface area contributed by atoms with E-state index in [0.717, 1.165) is 23.5 Å². The van der Waals surface area contributed by atoms with Gasteiger partial charge in [-0.15, -0.1) is 0 Å². The first-order chi connectivity index (χ1) is 14.6. The maximum absolute atomic E-state index is 12.7. The molecule has 30 heavy (non-hydrogen) atoms. The number of halogens is 1. The lowest BCUT2D eigenvalue weighted by atomic mass is 10.1. The standard InChI is InChI=1S/C21H23ClN4O4/c1-2-14-12-19(30-25-14)21(27)26-8-10-29-20(13-26)17-11-15(23-24-17)7-9-28-18-6-4-3-5-16(18)22/h3-6,11-12,20H,2,7-10,13H2,1H3,(H,23,24). The molecule has 1 N–H and O–H groups in total. The van der Waals surface area contributed by atoms with Crippen LogP contribution in [0.1, 0.15) is 40.7 Å². The van der Waals surface area contributed by atoms with E-state index in [1.807, 2.05) is 31.2 Å². The van der Waals surface area contributed by atoms with E-state index in [2.05, 4.69) is 15.4 Å². The maximum Gasteiger partial charge on any atom is 0.292 e. The first-order valence-electron chi connectivity index (χ1n) is 9.92. The number of aryl methyl sites for hydroxylation is 1. The van der Waals surface area contributed by atoms with Crippen LogP contribution in [0.15, 0.2) is 40.9 Å². The minimum absolute atomic E-state index is 0.181. The van der Waals surface area contributed by atoms with Crippen molar-refractivity contribution in [1.82, 2.24) is 20.3 Å². The molecule has 0 radical (unpaired) electrons. The van der Waals surface area contributed by atoms with Crippen molar-refractivity contribution >= 4 is 17.5 Å². The number of benzene rings is 1. The van der Waals surface area contributed by atoms with Gasteiger partial charge in [-0.2, -0.15) is 5.10 Å². The lowest BCUT2D eigenvalue weighted by Crippen LogP contribution is -2.42. The summed E-state index contributed by atoms with van der Waals surface area (Å²) in [6.45, 7) is 3.77. The smallest absolute Gasteiger partial charge is 0.292 e. The molecule has 0 aliphatic carbocycles. The Morgan fingerprint density at radius 2 is 2.23 bits per heavy atom. The predicted octanol–water partition coefficient (Wildman–Crippen LogP) is 3.45. The number of hydrogen-bond donors (Lipinski definition) is 1. The van der Waals surface area contributed by atoms with Gasteiger partial charge < -0.3 is 18.9 Å². The molecule has 1 aromatic carbocycles. The monoisotopic (exact) mass is 430 g/mol. The van der Waals surface area contributed by atoms with E-state index < -0.39 is 0 Å². The fraction of sp³-hybridized carbons (Fsp3) is 0.381. The number of rotatable bonds is 7. The van der Waals surface area contributed by atoms with E-state index in [9.17, 15) is 4.79 Å². The number of morpholine rings is 1. The molecule has 158 valence electrons. The molecule has 3 aromatic rings. The zero-order valence-electron chi connectivity index (χ0n) is 16.6. The third kappa shape index (κ3) is 4.66. The summed E-state index contributed by atoms with van der Waals surface area (Å²) in [4.78, 5) is 14.4. The number of nitrogens with zero attached hydrogens (tertiary/aromatic N) is 3. The number of aromatic nitrogens is 3. The molecule has 1 saturated heterocycles. The average Bonchev–Trinajstić information content (AvgIpc) is 3.44. The number of amides is 1. The zero-order chi connectivity index (χ0) is 20.9. The molecular formula is C21H23ClN4O4. The molecule has 1 fully saturated rings. The van der Waals surface area contributed by atoms with Gasteiger partial charge in [-0.25, -0.2) is 0 Å². The largest absolute Gasteiger partial charge is 0.492 e. The number of carbonyl (C=O) groups excluding carboxylic acids is 1. The van der Waals surface area contributed by atoms with Gasteiger partial charge in [0, 0.05) is 24.7 Å². The summed E-state index contributed by atoms with van der Waals surface area (Å²) in [5.74, 6) is 0.730. The van der Waals surface area contributed by atoms with Crippen LogP contribution in [-0.2, 0) is 17.6 Å². The Bertz CT molecular complexity index is 1000. The number of para-hydroxylation sites is 1. The second-order valence-corrected chi connectivity index (χ2v) is 7.40. The van der Waals surface area contributed by atoms with E-state index >= 15 is 0 Å². The fourth-order valence-electron chi connectivity index (χ4n) is 3.25. The number of aromatic amines is 1. The van der Waals surface area contributed by atoms with Crippen molar-refractivity contribution in [3.8, 4) is 5.75 Å². The first-order valence-corrected chi connectivity index (χ1v) is 10.3. The number of H-pyrrole nitrogens is 1. The molecule has 0 spiro atoms. The number of hydrogen-bond acceptors (Lipinski definition) is 6. The lowest BCUT2D eigenvalue weighted by molar-refractivity contribution is -0.0259. The molecule has 0 saturated carbocycles. The van der Waals surface area contributed by atoms with Gasteiger partial charge in [0.25, 0.3) is 5.91 Å². The zero-order valence-corrected chi connectivity index (χ0v) is 17.4. The van der Waals surface area contributed by atoms with E-state index in [1.54, 1.807) is 17.0 Å². The summed E-state index contributed by atoms with van der Waals surface area (Å²) in [6, 6.07) is 11.0. The Hall–Kier alpha value is -2.84. The molecule has 2 aromatic heterocycles. The van der Waals surface area contributed by atoms with E-state index in [4.69, 9.17) is 25.6 Å². The van der Waals surface area contributed by atoms with E-state index in [1.165, 1.54) is 0 Å². The van der Waals surface area contributed by atoms with E-state index in [-0.39, 0.29) is 17.8 Å². The second kappa shape index (κ2) is 9.32. The summed E-state index contributed by atoms with van der Waals surface area (Å²) in [5.41, 5.74) is 2.44. The summed E-state index contributed by atoms with van der Waals surface area (Å²) in [6.07, 6.45) is 1.07. The van der Waals surface area contributed by atoms with Crippen LogP contribution >= 0.6 is 11.6 Å². The van der Waals surface area contributed by atoms with Gasteiger partial charge in [0.05, 0.1) is 36.2 Å². The molecule has 8 nitrogen and oxygen atoms in total. The molecule has 0 bridgehead atoms. The van der Waals surface area contributed by atoms with Gasteiger partial charge in [-0.1, -0.05) is 35.8 Å². The molecule has 4 rings (SSSR count). The Morgan fingerprint density at radius 3 is 3.03 bits per heavy atom. The molecule has 1 aliphatic heterocycles. The second-order valence-electron chi connectivity index (χ2n) is 6.99. The SMILES string of the molecule is CCc1cc(C(=O)N2CCOC(c3cc(CCOc4ccccc4Cl)[nH]n3)C2)on1. The quantitative estimate of drug-likeness (QED) is 0.617. The fourth-order valence-corrected chi connectivity index (χ4v) is 3.44. The molecule has 1 atom stereocenters. The molecule has 3 heterocycles. The summed E-state index contributed by atoms with van der Waals surface area (Å²) in [5, 5.41) is 11.9. The predicted molar refractivity (Wildman–Crippen MR) is 110 cm³/mol. The lowest BCUT2D eigenvalue weighted by Gasteiger charge is -2.31. The third-order valence-electron chi connectivity index (χ3n) is 4.93. The normalized spacial score (nSPS) is 16.6. The van der Waals surface area contributed by atoms with Gasteiger partial charge in [-0.05, 0) is 24.6 Å². The van der Waals surface area contributed by atoms with Gasteiger partial charge >= 0.3 is 0 Å². The molecule has 1 amide bonds. The van der Waals surface area contributed by atoms with Crippen LogP contribution in [-0.4, -0.2) is 52.5 Å². The molecular weight excluding hydrogens is 408 g/mol. The van der Waals surface area contributed by atoms with Crippen LogP contribution in [0.25, 0.3) is 0 Å². The number of ether oxygens (including phenoxy) is 2. The van der Waals surface area contributed by atoms with Crippen molar-refractivity contribution < 1.29 is 18.8 Å². The topological polar surface area (TPSA) is 93.5 Å². The van der Waals surface area contributed by atoms with Crippen LogP contribution in [0.4, 0.5) is 0 Å². The Balaban J connectivity index is 1.33. The van der Waals surface area contributed by atoms with Crippen LogP contribution in [0.2, 0.25) is 5.02 Å². The number of nitrogens with one attached hydrogen (secondary N) is 1. The minimum Gasteiger partial charge on any atom is -0.492 e. The van der Waals surface area contributed by atoms with Crippen molar-refractivity contribution in [3.05, 3.63) is 64.3 Å². The highest BCUT2D eigenvalue weighted by atomic mass is 35.5. The van der Waals surface area contributed by atoms with Gasteiger partial charge in [0.15, 0.2) is 0 Å². The van der Waals surface area contributed by atoms with Crippen molar-refractivity contribution in [1.29, 1.82) is 0 Å². The van der Waals surface area contributed by atoms with Crippen LogP contribution < -0.4 is 4.74 Å². The number of carbonyl (C=O) groups is 1. The maximum atomic E-state index is 12.7. The van der Waals surface area contributed by atoms with E-state index in [0.29, 0.717) is 43.5 Å². The van der Waals surface area contributed by atoms with Crippen molar-refractivity contribution in [2.24, 2.45) is 0 Å². The van der Waals surface area contributed by atoms with Crippen LogP contribution in [0.5, 0.6) is 5.75 Å². The molecule has 1 aliphatic rings. The average molecular weight is 431 g/mol. The highest BCUT2D eigenvalue weighted by molar-refractivity contribution is 6.32. The van der Waals surface area contributed by atoms with Crippen LogP contribution in [0, 0.1) is 0 Å². The molecule has 1 unspecified atom stereocenters. The third-order valence-corrected chi connectivity index (χ3v) is 5.24. The Kier molecular flexibility index (Phi) is 6.35. The van der Waals surface area contributed by atoms with Gasteiger partial charge in [0.1, 0.15) is 11.9 Å². The van der Waals surface area contributed by atoms with Gasteiger partial charge in [-0.3, -0.25) is 9.89 Å². The highest BCUT2D eigenvalue weighted by Crippen LogP contribution is 2.24. The Labute approximate surface area is 179 Å².